The topological polar surface area (TPSA) is 64.6 Å². The van der Waals surface area contributed by atoms with Gasteiger partial charge in [-0.25, -0.2) is 4.79 Å². The maximum Gasteiger partial charge on any atom is 0.331 e. The molecular formula is C14H19NO4. The van der Waals surface area contributed by atoms with E-state index in [2.05, 4.69) is 10.1 Å². The summed E-state index contributed by atoms with van der Waals surface area (Å²) >= 11 is 0. The van der Waals surface area contributed by atoms with E-state index in [1.165, 1.54) is 14.0 Å². The molecule has 0 fully saturated rings. The molecule has 0 bridgehead atoms. The first kappa shape index (κ1) is 15.2. The fourth-order valence-corrected chi connectivity index (χ4v) is 1.61. The van der Waals surface area contributed by atoms with Crippen LogP contribution in [0.3, 0.4) is 0 Å². The molecule has 0 aromatic heterocycles. The SMILES string of the molecule is COC(=O)C(NC(C)=O)C(C)OCc1ccccc1. The maximum absolute atomic E-state index is 11.6. The highest BCUT2D eigenvalue weighted by molar-refractivity contribution is 5.83. The van der Waals surface area contributed by atoms with E-state index in [0.717, 1.165) is 5.56 Å². The number of hydrogen-bond donors (Lipinski definition) is 1. The molecule has 0 saturated carbocycles. The zero-order chi connectivity index (χ0) is 14.3. The average Bonchev–Trinajstić information content (AvgIpc) is 2.42. The monoisotopic (exact) mass is 265 g/mol. The van der Waals surface area contributed by atoms with Crippen LogP contribution in [0.2, 0.25) is 0 Å². The minimum Gasteiger partial charge on any atom is -0.467 e. The molecule has 0 radical (unpaired) electrons. The number of hydrogen-bond acceptors (Lipinski definition) is 4. The van der Waals surface area contributed by atoms with Gasteiger partial charge in [-0.15, -0.1) is 0 Å². The number of benzene rings is 1. The van der Waals surface area contributed by atoms with Crippen molar-refractivity contribution in [3.05, 3.63) is 35.9 Å². The van der Waals surface area contributed by atoms with E-state index in [9.17, 15) is 9.59 Å². The van der Waals surface area contributed by atoms with Gasteiger partial charge in [0.2, 0.25) is 5.91 Å². The van der Waals surface area contributed by atoms with E-state index in [4.69, 9.17) is 4.74 Å². The molecule has 0 heterocycles. The fraction of sp³-hybridized carbons (Fsp3) is 0.429. The third-order valence-electron chi connectivity index (χ3n) is 2.64. The highest BCUT2D eigenvalue weighted by Gasteiger charge is 2.27. The number of nitrogens with one attached hydrogen (secondary N) is 1. The number of carbonyl (C=O) groups excluding carboxylic acids is 2. The molecular weight excluding hydrogens is 246 g/mol. The predicted octanol–water partition coefficient (Wildman–Crippen LogP) is 1.27. The molecule has 0 aliphatic rings. The van der Waals surface area contributed by atoms with Crippen molar-refractivity contribution >= 4 is 11.9 Å². The standard InChI is InChI=1S/C14H19NO4/c1-10(13(14(17)18-3)15-11(2)16)19-9-12-7-5-4-6-8-12/h4-8,10,13H,9H2,1-3H3,(H,15,16). The second-order valence-electron chi connectivity index (χ2n) is 4.20. The lowest BCUT2D eigenvalue weighted by Crippen LogP contribution is -2.48. The van der Waals surface area contributed by atoms with Gasteiger partial charge in [0.15, 0.2) is 6.04 Å². The van der Waals surface area contributed by atoms with E-state index < -0.39 is 18.1 Å². The highest BCUT2D eigenvalue weighted by atomic mass is 16.5. The van der Waals surface area contributed by atoms with Gasteiger partial charge in [0.1, 0.15) is 0 Å². The smallest absolute Gasteiger partial charge is 0.331 e. The van der Waals surface area contributed by atoms with Gasteiger partial charge in [-0.1, -0.05) is 30.3 Å². The molecule has 1 N–H and O–H groups in total. The Labute approximate surface area is 112 Å². The molecule has 5 heteroatoms. The number of esters is 1. The largest absolute Gasteiger partial charge is 0.467 e. The molecule has 1 aromatic carbocycles. The van der Waals surface area contributed by atoms with Crippen LogP contribution in [-0.4, -0.2) is 31.1 Å². The summed E-state index contributed by atoms with van der Waals surface area (Å²) < 4.78 is 10.3. The molecule has 0 spiro atoms. The molecule has 5 nitrogen and oxygen atoms in total. The molecule has 104 valence electrons. The Morgan fingerprint density at radius 3 is 2.42 bits per heavy atom. The third kappa shape index (κ3) is 5.09. The summed E-state index contributed by atoms with van der Waals surface area (Å²) in [4.78, 5) is 22.7. The Morgan fingerprint density at radius 2 is 1.89 bits per heavy atom. The van der Waals surface area contributed by atoms with Crippen LogP contribution in [0.25, 0.3) is 0 Å². The van der Waals surface area contributed by atoms with Crippen molar-refractivity contribution in [3.8, 4) is 0 Å². The van der Waals surface area contributed by atoms with Gasteiger partial charge in [-0.2, -0.15) is 0 Å². The first-order valence-electron chi connectivity index (χ1n) is 6.05. The zero-order valence-electron chi connectivity index (χ0n) is 11.4. The predicted molar refractivity (Wildman–Crippen MR) is 70.3 cm³/mol. The first-order chi connectivity index (χ1) is 9.04. The van der Waals surface area contributed by atoms with Crippen molar-refractivity contribution in [2.75, 3.05) is 7.11 Å². The van der Waals surface area contributed by atoms with E-state index in [1.54, 1.807) is 6.92 Å². The lowest BCUT2D eigenvalue weighted by atomic mass is 10.1. The second-order valence-corrected chi connectivity index (χ2v) is 4.20. The second kappa shape index (κ2) is 7.53. The lowest BCUT2D eigenvalue weighted by molar-refractivity contribution is -0.149. The van der Waals surface area contributed by atoms with Gasteiger partial charge < -0.3 is 14.8 Å². The summed E-state index contributed by atoms with van der Waals surface area (Å²) in [5.74, 6) is -0.818. The number of methoxy groups -OCH3 is 1. The normalized spacial score (nSPS) is 13.4. The van der Waals surface area contributed by atoms with Crippen LogP contribution >= 0.6 is 0 Å². The van der Waals surface area contributed by atoms with Crippen LogP contribution in [0.15, 0.2) is 30.3 Å². The van der Waals surface area contributed by atoms with Crippen LogP contribution < -0.4 is 5.32 Å². The van der Waals surface area contributed by atoms with Gasteiger partial charge >= 0.3 is 5.97 Å². The quantitative estimate of drug-likeness (QED) is 0.787. The first-order valence-corrected chi connectivity index (χ1v) is 6.05. The zero-order valence-corrected chi connectivity index (χ0v) is 11.4. The Hall–Kier alpha value is -1.88. The lowest BCUT2D eigenvalue weighted by Gasteiger charge is -2.22. The Morgan fingerprint density at radius 1 is 1.26 bits per heavy atom. The minimum absolute atomic E-state index is 0.300. The summed E-state index contributed by atoms with van der Waals surface area (Å²) in [7, 11) is 1.28. The molecule has 1 aromatic rings. The number of rotatable bonds is 6. The van der Waals surface area contributed by atoms with Crippen molar-refractivity contribution in [2.24, 2.45) is 0 Å². The molecule has 19 heavy (non-hydrogen) atoms. The van der Waals surface area contributed by atoms with Crippen molar-refractivity contribution in [1.82, 2.24) is 5.32 Å². The third-order valence-corrected chi connectivity index (χ3v) is 2.64. The van der Waals surface area contributed by atoms with Crippen molar-refractivity contribution in [1.29, 1.82) is 0 Å². The van der Waals surface area contributed by atoms with Crippen molar-refractivity contribution in [2.45, 2.75) is 32.6 Å². The van der Waals surface area contributed by atoms with E-state index in [-0.39, 0.29) is 5.91 Å². The molecule has 1 rings (SSSR count). The summed E-state index contributed by atoms with van der Waals surface area (Å²) in [5.41, 5.74) is 1.00. The van der Waals surface area contributed by atoms with Crippen LogP contribution in [0.5, 0.6) is 0 Å². The van der Waals surface area contributed by atoms with Crippen LogP contribution in [-0.2, 0) is 25.7 Å². The summed E-state index contributed by atoms with van der Waals surface area (Å²) in [5, 5.41) is 2.53. The number of amides is 1. The molecule has 0 aliphatic heterocycles. The van der Waals surface area contributed by atoms with Crippen molar-refractivity contribution in [3.63, 3.8) is 0 Å². The van der Waals surface area contributed by atoms with E-state index in [0.29, 0.717) is 6.61 Å². The molecule has 1 amide bonds. The highest BCUT2D eigenvalue weighted by Crippen LogP contribution is 2.07. The van der Waals surface area contributed by atoms with Gasteiger partial charge in [0.05, 0.1) is 19.8 Å². The average molecular weight is 265 g/mol. The van der Waals surface area contributed by atoms with E-state index >= 15 is 0 Å². The van der Waals surface area contributed by atoms with Gasteiger partial charge in [-0.05, 0) is 12.5 Å². The molecule has 2 unspecified atom stereocenters. The number of carbonyl (C=O) groups is 2. The Bertz CT molecular complexity index is 419. The number of ether oxygens (including phenoxy) is 2. The van der Waals surface area contributed by atoms with Gasteiger partial charge in [-0.3, -0.25) is 4.79 Å². The van der Waals surface area contributed by atoms with Crippen LogP contribution in [0.4, 0.5) is 0 Å². The summed E-state index contributed by atoms with van der Waals surface area (Å²) in [6, 6.07) is 8.80. The Kier molecular flexibility index (Phi) is 6.02. The maximum atomic E-state index is 11.6. The van der Waals surface area contributed by atoms with Crippen molar-refractivity contribution < 1.29 is 19.1 Å². The van der Waals surface area contributed by atoms with Crippen LogP contribution in [0, 0.1) is 0 Å². The van der Waals surface area contributed by atoms with Gasteiger partial charge in [0, 0.05) is 6.92 Å². The van der Waals surface area contributed by atoms with E-state index in [1.807, 2.05) is 30.3 Å². The van der Waals surface area contributed by atoms with Gasteiger partial charge in [0.25, 0.3) is 0 Å². The molecule has 2 atom stereocenters. The summed E-state index contributed by atoms with van der Waals surface area (Å²) in [6.45, 7) is 3.44. The Balaban J connectivity index is 2.59. The minimum atomic E-state index is -0.800. The van der Waals surface area contributed by atoms with Crippen LogP contribution in [0.1, 0.15) is 19.4 Å². The molecule has 0 aliphatic carbocycles. The summed E-state index contributed by atoms with van der Waals surface area (Å²) in [6.07, 6.45) is -0.475. The molecule has 0 saturated heterocycles. The fourth-order valence-electron chi connectivity index (χ4n) is 1.61.